The molecule has 7 rings (SSSR count). The van der Waals surface area contributed by atoms with Crippen molar-refractivity contribution in [3.8, 4) is 5.69 Å². The van der Waals surface area contributed by atoms with E-state index in [0.29, 0.717) is 23.1 Å². The number of fused-ring (bicyclic) bond motifs is 1. The second-order valence-corrected chi connectivity index (χ2v) is 9.53. The van der Waals surface area contributed by atoms with Gasteiger partial charge in [-0.3, -0.25) is 25.1 Å². The molecule has 0 saturated heterocycles. The average Bonchev–Trinajstić information content (AvgIpc) is 3.08. The van der Waals surface area contributed by atoms with Crippen LogP contribution in [0.1, 0.15) is 5.56 Å². The summed E-state index contributed by atoms with van der Waals surface area (Å²) in [5.41, 5.74) is 6.79. The number of aromatic nitrogens is 2. The van der Waals surface area contributed by atoms with Crippen LogP contribution < -0.4 is 26.6 Å². The molecular formula is C34H28N6O2. The molecule has 206 valence electrons. The number of nitrogens with one attached hydrogen (secondary N) is 2. The Bertz CT molecular complexity index is 1920. The number of hydrazine groups is 1. The Morgan fingerprint density at radius 3 is 1.67 bits per heavy atom. The molecule has 0 spiro atoms. The first-order valence-corrected chi connectivity index (χ1v) is 13.5. The minimum Gasteiger partial charge on any atom is -0.278 e. The predicted octanol–water partition coefficient (Wildman–Crippen LogP) is 5.52. The SMILES string of the molecule is O=c1[nH]n(-c2ccccc2)c(=O)c2ccccc12.c1ccc(C2=NN(c3ccccc3)CN(c3ccccc3)N2)cc1. The third-order valence-electron chi connectivity index (χ3n) is 6.74. The Labute approximate surface area is 242 Å². The number of para-hydroxylation sites is 3. The van der Waals surface area contributed by atoms with E-state index >= 15 is 0 Å². The summed E-state index contributed by atoms with van der Waals surface area (Å²) in [5, 5.41) is 12.3. The first-order chi connectivity index (χ1) is 20.7. The average molecular weight is 553 g/mol. The van der Waals surface area contributed by atoms with Crippen molar-refractivity contribution in [2.45, 2.75) is 0 Å². The summed E-state index contributed by atoms with van der Waals surface area (Å²) in [6.45, 7) is 0.629. The standard InChI is InChI=1S/C20H18N4.C14H10N2O2/c1-4-10-17(11-5-1)20-21-23(18-12-6-2-7-13-18)16-24(22-20)19-14-8-3-9-15-19;17-13-11-8-4-5-9-12(11)14(18)16(15-13)10-6-2-1-3-7-10/h1-15H,16H2,(H,21,22);1-9H,(H,15,17). The van der Waals surface area contributed by atoms with E-state index in [9.17, 15) is 9.59 Å². The van der Waals surface area contributed by atoms with Crippen molar-refractivity contribution in [1.29, 1.82) is 0 Å². The van der Waals surface area contributed by atoms with Gasteiger partial charge in [-0.25, -0.2) is 9.69 Å². The second-order valence-electron chi connectivity index (χ2n) is 9.53. The summed E-state index contributed by atoms with van der Waals surface area (Å²) < 4.78 is 1.27. The van der Waals surface area contributed by atoms with Gasteiger partial charge >= 0.3 is 0 Å². The van der Waals surface area contributed by atoms with Gasteiger partial charge < -0.3 is 0 Å². The summed E-state index contributed by atoms with van der Waals surface area (Å²) in [6.07, 6.45) is 0. The number of amidine groups is 1. The molecule has 42 heavy (non-hydrogen) atoms. The lowest BCUT2D eigenvalue weighted by atomic mass is 10.2. The molecule has 1 aliphatic rings. The molecule has 2 N–H and O–H groups in total. The largest absolute Gasteiger partial charge is 0.278 e. The smallest absolute Gasteiger partial charge is 0.277 e. The van der Waals surface area contributed by atoms with Crippen molar-refractivity contribution in [2.24, 2.45) is 5.10 Å². The van der Waals surface area contributed by atoms with Crippen molar-refractivity contribution < 1.29 is 0 Å². The van der Waals surface area contributed by atoms with Gasteiger partial charge in [-0.1, -0.05) is 97.1 Å². The molecule has 0 bridgehead atoms. The molecule has 0 unspecified atom stereocenters. The number of benzene rings is 5. The first kappa shape index (κ1) is 26.3. The van der Waals surface area contributed by atoms with Crippen molar-refractivity contribution in [3.63, 3.8) is 0 Å². The third-order valence-corrected chi connectivity index (χ3v) is 6.74. The Hall–Kier alpha value is -5.89. The molecule has 6 aromatic rings. The molecule has 1 aliphatic heterocycles. The van der Waals surface area contributed by atoms with Crippen LogP contribution in [0.3, 0.4) is 0 Å². The Morgan fingerprint density at radius 1 is 0.548 bits per heavy atom. The number of H-pyrrole nitrogens is 1. The van der Waals surface area contributed by atoms with Crippen LogP contribution in [0.5, 0.6) is 0 Å². The molecule has 0 atom stereocenters. The minimum atomic E-state index is -0.269. The van der Waals surface area contributed by atoms with Crippen molar-refractivity contribution in [3.05, 3.63) is 172 Å². The number of nitrogens with zero attached hydrogens (tertiary/aromatic N) is 4. The lowest BCUT2D eigenvalue weighted by molar-refractivity contribution is 0.679. The highest BCUT2D eigenvalue weighted by Crippen LogP contribution is 2.21. The number of hydrazone groups is 1. The van der Waals surface area contributed by atoms with Gasteiger partial charge in [-0.2, -0.15) is 5.10 Å². The van der Waals surface area contributed by atoms with E-state index < -0.39 is 0 Å². The Morgan fingerprint density at radius 2 is 1.05 bits per heavy atom. The zero-order valence-corrected chi connectivity index (χ0v) is 22.7. The van der Waals surface area contributed by atoms with Gasteiger partial charge in [-0.15, -0.1) is 0 Å². The van der Waals surface area contributed by atoms with Gasteiger partial charge in [0.15, 0.2) is 5.84 Å². The quantitative estimate of drug-likeness (QED) is 0.301. The van der Waals surface area contributed by atoms with Crippen molar-refractivity contribution in [1.82, 2.24) is 15.2 Å². The normalized spacial score (nSPS) is 12.6. The van der Waals surface area contributed by atoms with E-state index in [4.69, 9.17) is 5.10 Å². The Kier molecular flexibility index (Phi) is 7.59. The third kappa shape index (κ3) is 5.68. The molecule has 0 saturated carbocycles. The maximum atomic E-state index is 12.3. The number of rotatable bonds is 4. The zero-order valence-electron chi connectivity index (χ0n) is 22.7. The molecule has 1 aromatic heterocycles. The molecule has 0 fully saturated rings. The van der Waals surface area contributed by atoms with Crippen LogP contribution in [0.2, 0.25) is 0 Å². The minimum absolute atomic E-state index is 0.226. The lowest BCUT2D eigenvalue weighted by Gasteiger charge is -2.36. The van der Waals surface area contributed by atoms with Gasteiger partial charge in [0.25, 0.3) is 11.1 Å². The molecule has 8 heteroatoms. The topological polar surface area (TPSA) is 85.7 Å². The molecular weight excluding hydrogens is 524 g/mol. The van der Waals surface area contributed by atoms with Crippen LogP contribution in [0.4, 0.5) is 11.4 Å². The number of anilines is 2. The number of hydrogen-bond acceptors (Lipinski definition) is 6. The number of aromatic amines is 1. The van der Waals surface area contributed by atoms with E-state index in [1.165, 1.54) is 4.68 Å². The fourth-order valence-electron chi connectivity index (χ4n) is 4.64. The monoisotopic (exact) mass is 552 g/mol. The van der Waals surface area contributed by atoms with Crippen LogP contribution in [-0.2, 0) is 0 Å². The fraction of sp³-hybridized carbons (Fsp3) is 0.0294. The maximum absolute atomic E-state index is 12.3. The highest BCUT2D eigenvalue weighted by Gasteiger charge is 2.21. The fourth-order valence-corrected chi connectivity index (χ4v) is 4.64. The zero-order chi connectivity index (χ0) is 28.7. The van der Waals surface area contributed by atoms with Gasteiger partial charge in [0, 0.05) is 5.56 Å². The van der Waals surface area contributed by atoms with Crippen molar-refractivity contribution in [2.75, 3.05) is 16.7 Å². The molecule has 0 amide bonds. The highest BCUT2D eigenvalue weighted by atomic mass is 16.2. The summed E-state index contributed by atoms with van der Waals surface area (Å²) in [6, 6.07) is 46.5. The summed E-state index contributed by atoms with van der Waals surface area (Å²) >= 11 is 0. The molecule has 5 aromatic carbocycles. The van der Waals surface area contributed by atoms with E-state index in [1.807, 2.05) is 77.8 Å². The van der Waals surface area contributed by atoms with Crippen molar-refractivity contribution >= 4 is 28.0 Å². The Balaban J connectivity index is 0.000000157. The molecule has 0 aliphatic carbocycles. The van der Waals surface area contributed by atoms with E-state index in [0.717, 1.165) is 22.8 Å². The van der Waals surface area contributed by atoms with Crippen LogP contribution in [0, 0.1) is 0 Å². The van der Waals surface area contributed by atoms with Crippen LogP contribution in [0.15, 0.2) is 160 Å². The van der Waals surface area contributed by atoms with E-state index in [-0.39, 0.29) is 11.1 Å². The second kappa shape index (κ2) is 12.1. The summed E-state index contributed by atoms with van der Waals surface area (Å²) in [4.78, 5) is 24.2. The van der Waals surface area contributed by atoms with Crippen LogP contribution in [-0.4, -0.2) is 22.3 Å². The highest BCUT2D eigenvalue weighted by molar-refractivity contribution is 6.00. The van der Waals surface area contributed by atoms with Gasteiger partial charge in [0.2, 0.25) is 0 Å². The summed E-state index contributed by atoms with van der Waals surface area (Å²) in [7, 11) is 0. The van der Waals surface area contributed by atoms with Crippen LogP contribution in [0.25, 0.3) is 16.5 Å². The summed E-state index contributed by atoms with van der Waals surface area (Å²) in [5.74, 6) is 0.828. The van der Waals surface area contributed by atoms with Gasteiger partial charge in [0.1, 0.15) is 6.67 Å². The van der Waals surface area contributed by atoms with Gasteiger partial charge in [0.05, 0.1) is 27.8 Å². The number of hydrogen-bond donors (Lipinski definition) is 2. The van der Waals surface area contributed by atoms with Crippen LogP contribution >= 0.6 is 0 Å². The van der Waals surface area contributed by atoms with E-state index in [2.05, 4.69) is 51.9 Å². The van der Waals surface area contributed by atoms with E-state index in [1.54, 1.807) is 36.4 Å². The lowest BCUT2D eigenvalue weighted by Crippen LogP contribution is -2.53. The predicted molar refractivity (Wildman–Crippen MR) is 169 cm³/mol. The first-order valence-electron chi connectivity index (χ1n) is 13.5. The molecule has 2 heterocycles. The molecule has 0 radical (unpaired) electrons. The maximum Gasteiger partial charge on any atom is 0.277 e. The molecule has 8 nitrogen and oxygen atoms in total. The van der Waals surface area contributed by atoms with Gasteiger partial charge in [-0.05, 0) is 48.5 Å².